The zero-order chi connectivity index (χ0) is 16.3. The molecule has 1 aliphatic rings. The number of carboxylic acids is 1. The molecule has 1 aromatic rings. The summed E-state index contributed by atoms with van der Waals surface area (Å²) >= 11 is 6.46. The van der Waals surface area contributed by atoms with Crippen molar-refractivity contribution in [1.29, 1.82) is 0 Å². The number of hydrogen-bond donors (Lipinski definition) is 1. The van der Waals surface area contributed by atoms with Crippen LogP contribution in [0.25, 0.3) is 0 Å². The van der Waals surface area contributed by atoms with Crippen molar-refractivity contribution in [3.63, 3.8) is 0 Å². The first-order valence-electron chi connectivity index (χ1n) is 7.24. The maximum absolute atomic E-state index is 12.1. The summed E-state index contributed by atoms with van der Waals surface area (Å²) < 4.78 is 16.1. The summed E-state index contributed by atoms with van der Waals surface area (Å²) in [6.07, 6.45) is 3.75. The largest absolute Gasteiger partial charge is 0.495 e. The number of benzene rings is 1. The van der Waals surface area contributed by atoms with Crippen LogP contribution in [0.2, 0.25) is 5.02 Å². The molecule has 0 aromatic heterocycles. The van der Waals surface area contributed by atoms with Gasteiger partial charge in [0.05, 0.1) is 31.8 Å². The van der Waals surface area contributed by atoms with Crippen LogP contribution in [0.5, 0.6) is 17.2 Å². The molecule has 1 N–H and O–H groups in total. The topological polar surface area (TPSA) is 65.0 Å². The monoisotopic (exact) mass is 328 g/mol. The van der Waals surface area contributed by atoms with E-state index in [1.807, 2.05) is 0 Å². The summed E-state index contributed by atoms with van der Waals surface area (Å²) in [5, 5.41) is 10.2. The van der Waals surface area contributed by atoms with Gasteiger partial charge in [0.2, 0.25) is 0 Å². The van der Waals surface area contributed by atoms with Gasteiger partial charge in [0, 0.05) is 11.6 Å². The molecule has 1 aliphatic carbocycles. The zero-order valence-corrected chi connectivity index (χ0v) is 13.8. The van der Waals surface area contributed by atoms with Gasteiger partial charge in [-0.1, -0.05) is 30.9 Å². The number of methoxy groups -OCH3 is 3. The molecule has 0 amide bonds. The Kier molecular flexibility index (Phi) is 5.06. The maximum atomic E-state index is 12.1. The molecule has 122 valence electrons. The third kappa shape index (κ3) is 2.58. The molecule has 0 aliphatic heterocycles. The van der Waals surface area contributed by atoms with Crippen molar-refractivity contribution in [2.75, 3.05) is 21.3 Å². The van der Waals surface area contributed by atoms with E-state index < -0.39 is 11.4 Å². The molecule has 0 unspecified atom stereocenters. The van der Waals surface area contributed by atoms with Crippen LogP contribution >= 0.6 is 11.6 Å². The lowest BCUT2D eigenvalue weighted by molar-refractivity contribution is -0.145. The third-order valence-corrected chi connectivity index (χ3v) is 4.76. The summed E-state index contributed by atoms with van der Waals surface area (Å²) in [7, 11) is 4.48. The second kappa shape index (κ2) is 6.65. The zero-order valence-electron chi connectivity index (χ0n) is 13.1. The smallest absolute Gasteiger partial charge is 0.314 e. The Labute approximate surface area is 135 Å². The van der Waals surface area contributed by atoms with E-state index in [1.54, 1.807) is 6.07 Å². The molecule has 5 nitrogen and oxygen atoms in total. The number of carbonyl (C=O) groups is 1. The Balaban J connectivity index is 2.77. The van der Waals surface area contributed by atoms with Crippen molar-refractivity contribution in [3.05, 3.63) is 16.7 Å². The highest BCUT2D eigenvalue weighted by Gasteiger charge is 2.46. The van der Waals surface area contributed by atoms with Crippen LogP contribution in [0.15, 0.2) is 6.07 Å². The number of carboxylic acid groups (broad SMARTS) is 1. The summed E-state index contributed by atoms with van der Waals surface area (Å²) in [5.74, 6) is 0.297. The van der Waals surface area contributed by atoms with Gasteiger partial charge in [0.25, 0.3) is 0 Å². The van der Waals surface area contributed by atoms with Crippen LogP contribution in [0, 0.1) is 0 Å². The summed E-state index contributed by atoms with van der Waals surface area (Å²) in [6, 6.07) is 1.61. The number of hydrogen-bond acceptors (Lipinski definition) is 4. The van der Waals surface area contributed by atoms with Crippen molar-refractivity contribution in [2.45, 2.75) is 37.5 Å². The van der Waals surface area contributed by atoms with E-state index in [0.717, 1.165) is 19.3 Å². The normalized spacial score (nSPS) is 16.9. The van der Waals surface area contributed by atoms with Gasteiger partial charge in [-0.25, -0.2) is 0 Å². The van der Waals surface area contributed by atoms with E-state index in [2.05, 4.69) is 0 Å². The molecule has 2 rings (SSSR count). The molecule has 0 bridgehead atoms. The van der Waals surface area contributed by atoms with Crippen molar-refractivity contribution < 1.29 is 24.1 Å². The van der Waals surface area contributed by atoms with E-state index in [-0.39, 0.29) is 5.02 Å². The minimum atomic E-state index is -1.07. The molecular formula is C16H21ClO5. The first-order valence-corrected chi connectivity index (χ1v) is 7.62. The fraction of sp³-hybridized carbons (Fsp3) is 0.562. The van der Waals surface area contributed by atoms with E-state index in [1.165, 1.54) is 21.3 Å². The van der Waals surface area contributed by atoms with E-state index in [4.69, 9.17) is 25.8 Å². The second-order valence-electron chi connectivity index (χ2n) is 5.45. The summed E-state index contributed by atoms with van der Waals surface area (Å²) in [5.41, 5.74) is -0.609. The van der Waals surface area contributed by atoms with Gasteiger partial charge >= 0.3 is 5.97 Å². The minimum absolute atomic E-state index is 0.282. The van der Waals surface area contributed by atoms with Gasteiger partial charge in [-0.3, -0.25) is 4.79 Å². The predicted octanol–water partition coefficient (Wildman–Crippen LogP) is 3.65. The van der Waals surface area contributed by atoms with Crippen molar-refractivity contribution >= 4 is 17.6 Å². The molecule has 0 atom stereocenters. The van der Waals surface area contributed by atoms with Crippen LogP contribution in [0.1, 0.15) is 37.7 Å². The fourth-order valence-electron chi connectivity index (χ4n) is 3.25. The maximum Gasteiger partial charge on any atom is 0.314 e. The average Bonchev–Trinajstić information content (AvgIpc) is 2.54. The predicted molar refractivity (Wildman–Crippen MR) is 83.5 cm³/mol. The summed E-state index contributed by atoms with van der Waals surface area (Å²) in [6.45, 7) is 0. The van der Waals surface area contributed by atoms with Crippen LogP contribution in [-0.2, 0) is 10.2 Å². The van der Waals surface area contributed by atoms with Gasteiger partial charge in [-0.2, -0.15) is 0 Å². The minimum Gasteiger partial charge on any atom is -0.495 e. The van der Waals surface area contributed by atoms with Crippen molar-refractivity contribution in [2.24, 2.45) is 0 Å². The highest BCUT2D eigenvalue weighted by molar-refractivity contribution is 6.33. The van der Waals surface area contributed by atoms with Crippen LogP contribution in [-0.4, -0.2) is 32.4 Å². The molecule has 6 heteroatoms. The molecule has 0 heterocycles. The Morgan fingerprint density at radius 3 is 2.14 bits per heavy atom. The van der Waals surface area contributed by atoms with Crippen molar-refractivity contribution in [1.82, 2.24) is 0 Å². The lowest BCUT2D eigenvalue weighted by atomic mass is 9.69. The first kappa shape index (κ1) is 16.7. The highest BCUT2D eigenvalue weighted by Crippen LogP contribution is 2.52. The van der Waals surface area contributed by atoms with Gasteiger partial charge in [0.1, 0.15) is 5.75 Å². The molecule has 1 fully saturated rings. The van der Waals surface area contributed by atoms with Gasteiger partial charge in [-0.15, -0.1) is 0 Å². The Bertz CT molecular complexity index is 564. The quantitative estimate of drug-likeness (QED) is 0.893. The number of ether oxygens (including phenoxy) is 3. The standard InChI is InChI=1S/C16H21ClO5/c1-20-10-9-11(21-2)14(22-3)12(13(10)17)16(15(18)19)7-5-4-6-8-16/h9H,4-8H2,1-3H3,(H,18,19). The summed E-state index contributed by atoms with van der Waals surface area (Å²) in [4.78, 5) is 12.1. The van der Waals surface area contributed by atoms with E-state index >= 15 is 0 Å². The van der Waals surface area contributed by atoms with Gasteiger partial charge in [-0.05, 0) is 12.8 Å². The molecule has 1 aromatic carbocycles. The van der Waals surface area contributed by atoms with Gasteiger partial charge < -0.3 is 19.3 Å². The Morgan fingerprint density at radius 2 is 1.68 bits per heavy atom. The molecule has 1 saturated carbocycles. The van der Waals surface area contributed by atoms with Crippen LogP contribution < -0.4 is 14.2 Å². The lowest BCUT2D eigenvalue weighted by Crippen LogP contribution is -2.38. The second-order valence-corrected chi connectivity index (χ2v) is 5.83. The molecule has 0 spiro atoms. The Morgan fingerprint density at radius 1 is 1.09 bits per heavy atom. The van der Waals surface area contributed by atoms with E-state index in [9.17, 15) is 9.90 Å². The molecule has 22 heavy (non-hydrogen) atoms. The van der Waals surface area contributed by atoms with Gasteiger partial charge in [0.15, 0.2) is 11.5 Å². The SMILES string of the molecule is COc1cc(OC)c(OC)c(C2(C(=O)O)CCCCC2)c1Cl. The van der Waals surface area contributed by atoms with E-state index in [0.29, 0.717) is 35.7 Å². The first-order chi connectivity index (χ1) is 10.5. The third-order valence-electron chi connectivity index (χ3n) is 4.39. The number of halogens is 1. The number of aliphatic carboxylic acids is 1. The Hall–Kier alpha value is -1.62. The average molecular weight is 329 g/mol. The van der Waals surface area contributed by atoms with Crippen molar-refractivity contribution in [3.8, 4) is 17.2 Å². The number of rotatable bonds is 5. The fourth-order valence-corrected chi connectivity index (χ4v) is 3.65. The molecule has 0 saturated heterocycles. The van der Waals surface area contributed by atoms with Crippen LogP contribution in [0.4, 0.5) is 0 Å². The highest BCUT2D eigenvalue weighted by atomic mass is 35.5. The van der Waals surface area contributed by atoms with Crippen LogP contribution in [0.3, 0.4) is 0 Å². The molecule has 0 radical (unpaired) electrons. The molecular weight excluding hydrogens is 308 g/mol. The lowest BCUT2D eigenvalue weighted by Gasteiger charge is -2.35.